The van der Waals surface area contributed by atoms with Crippen molar-refractivity contribution in [1.82, 2.24) is 5.32 Å². The Morgan fingerprint density at radius 3 is 2.38 bits per heavy atom. The van der Waals surface area contributed by atoms with Crippen LogP contribution in [-0.2, 0) is 9.59 Å². The lowest BCUT2D eigenvalue weighted by molar-refractivity contribution is -0.138. The largest absolute Gasteiger partial charge is 0.481 e. The van der Waals surface area contributed by atoms with E-state index in [4.69, 9.17) is 5.11 Å². The molecule has 2 aromatic rings. The van der Waals surface area contributed by atoms with Crippen LogP contribution in [0.5, 0.6) is 0 Å². The number of anilines is 1. The third kappa shape index (κ3) is 4.31. The maximum absolute atomic E-state index is 11.6. The average Bonchev–Trinajstić information content (AvgIpc) is 2.45. The number of benzene rings is 2. The van der Waals surface area contributed by atoms with Crippen molar-refractivity contribution in [2.24, 2.45) is 0 Å². The molecule has 3 amide bonds. The molecule has 2 rings (SSSR count). The van der Waals surface area contributed by atoms with E-state index < -0.39 is 17.9 Å². The fraction of sp³-hybridized carbons (Fsp3) is 0.133. The Hall–Kier alpha value is -2.89. The topological polar surface area (TPSA) is 95.5 Å². The van der Waals surface area contributed by atoms with Gasteiger partial charge in [-0.25, -0.2) is 4.79 Å². The second kappa shape index (κ2) is 6.51. The maximum atomic E-state index is 11.6. The second-order valence-electron chi connectivity index (χ2n) is 4.46. The van der Waals surface area contributed by atoms with Gasteiger partial charge in [0, 0.05) is 12.1 Å². The van der Waals surface area contributed by atoms with Crippen LogP contribution in [-0.4, -0.2) is 23.0 Å². The Labute approximate surface area is 120 Å². The molecule has 0 heterocycles. The van der Waals surface area contributed by atoms with Gasteiger partial charge in [0.25, 0.3) is 0 Å². The number of carbonyl (C=O) groups excluding carboxylic acids is 2. The number of rotatable bonds is 4. The molecule has 0 saturated heterocycles. The molecule has 2 aromatic carbocycles. The van der Waals surface area contributed by atoms with Gasteiger partial charge >= 0.3 is 12.0 Å². The van der Waals surface area contributed by atoms with E-state index in [1.807, 2.05) is 30.3 Å². The lowest BCUT2D eigenvalue weighted by Crippen LogP contribution is -2.34. The summed E-state index contributed by atoms with van der Waals surface area (Å²) in [7, 11) is 0. The Kier molecular flexibility index (Phi) is 4.50. The van der Waals surface area contributed by atoms with Crippen LogP contribution in [0.1, 0.15) is 12.8 Å². The van der Waals surface area contributed by atoms with E-state index in [9.17, 15) is 14.4 Å². The molecule has 108 valence electrons. The fourth-order valence-electron chi connectivity index (χ4n) is 1.84. The molecule has 6 heteroatoms. The first-order valence-corrected chi connectivity index (χ1v) is 6.36. The Morgan fingerprint density at radius 2 is 1.67 bits per heavy atom. The molecule has 6 nitrogen and oxygen atoms in total. The molecule has 21 heavy (non-hydrogen) atoms. The van der Waals surface area contributed by atoms with Gasteiger partial charge in [0.05, 0.1) is 6.42 Å². The predicted molar refractivity (Wildman–Crippen MR) is 78.0 cm³/mol. The second-order valence-corrected chi connectivity index (χ2v) is 4.46. The van der Waals surface area contributed by atoms with Gasteiger partial charge in [-0.15, -0.1) is 0 Å². The lowest BCUT2D eigenvalue weighted by Gasteiger charge is -2.07. The van der Waals surface area contributed by atoms with Crippen LogP contribution in [0, 0.1) is 0 Å². The van der Waals surface area contributed by atoms with Crippen molar-refractivity contribution in [1.29, 1.82) is 0 Å². The van der Waals surface area contributed by atoms with Crippen molar-refractivity contribution in [2.45, 2.75) is 12.8 Å². The van der Waals surface area contributed by atoms with E-state index in [1.54, 1.807) is 12.1 Å². The molecule has 0 fully saturated rings. The van der Waals surface area contributed by atoms with E-state index >= 15 is 0 Å². The molecule has 0 aliphatic heterocycles. The first-order valence-electron chi connectivity index (χ1n) is 6.36. The van der Waals surface area contributed by atoms with Gasteiger partial charge in [-0.1, -0.05) is 30.3 Å². The number of carbonyl (C=O) groups is 3. The molecule has 0 radical (unpaired) electrons. The molecule has 0 atom stereocenters. The number of aliphatic carboxylic acids is 1. The van der Waals surface area contributed by atoms with Crippen LogP contribution in [0.25, 0.3) is 10.8 Å². The number of nitrogens with one attached hydrogen (secondary N) is 2. The van der Waals surface area contributed by atoms with E-state index in [-0.39, 0.29) is 12.8 Å². The molecular formula is C15H14N2O4. The van der Waals surface area contributed by atoms with Gasteiger partial charge < -0.3 is 10.4 Å². The summed E-state index contributed by atoms with van der Waals surface area (Å²) in [4.78, 5) is 33.3. The predicted octanol–water partition coefficient (Wildman–Crippen LogP) is 2.35. The standard InChI is InChI=1S/C15H14N2O4/c18-13(7-8-14(19)20)17-15(21)16-12-6-5-10-3-1-2-4-11(10)9-12/h1-6,9H,7-8H2,(H,19,20)(H2,16,17,18,21). The summed E-state index contributed by atoms with van der Waals surface area (Å²) in [5, 5.41) is 15.1. The number of fused-ring (bicyclic) bond motifs is 1. The Bertz CT molecular complexity index is 697. The minimum Gasteiger partial charge on any atom is -0.481 e. The molecule has 0 unspecified atom stereocenters. The van der Waals surface area contributed by atoms with E-state index in [0.717, 1.165) is 10.8 Å². The number of urea groups is 1. The summed E-state index contributed by atoms with van der Waals surface area (Å²) in [6, 6.07) is 12.4. The quantitative estimate of drug-likeness (QED) is 0.804. The van der Waals surface area contributed by atoms with Crippen LogP contribution >= 0.6 is 0 Å². The zero-order valence-corrected chi connectivity index (χ0v) is 11.1. The molecule has 0 saturated carbocycles. The summed E-state index contributed by atoms with van der Waals surface area (Å²) in [5.41, 5.74) is 0.553. The van der Waals surface area contributed by atoms with Crippen molar-refractivity contribution in [3.8, 4) is 0 Å². The number of amides is 3. The molecule has 0 spiro atoms. The zero-order chi connectivity index (χ0) is 15.2. The van der Waals surface area contributed by atoms with E-state index in [0.29, 0.717) is 5.69 Å². The van der Waals surface area contributed by atoms with Crippen molar-refractivity contribution >= 4 is 34.4 Å². The average molecular weight is 286 g/mol. The molecular weight excluding hydrogens is 272 g/mol. The monoisotopic (exact) mass is 286 g/mol. The van der Waals surface area contributed by atoms with Crippen molar-refractivity contribution < 1.29 is 19.5 Å². The van der Waals surface area contributed by atoms with E-state index in [1.165, 1.54) is 0 Å². The Balaban J connectivity index is 1.94. The maximum Gasteiger partial charge on any atom is 0.325 e. The molecule has 3 N–H and O–H groups in total. The van der Waals surface area contributed by atoms with Gasteiger partial charge in [-0.3, -0.25) is 14.9 Å². The normalized spacial score (nSPS) is 10.1. The summed E-state index contributed by atoms with van der Waals surface area (Å²) < 4.78 is 0. The molecule has 0 bridgehead atoms. The van der Waals surface area contributed by atoms with Gasteiger partial charge in [0.2, 0.25) is 5.91 Å². The summed E-state index contributed by atoms with van der Waals surface area (Å²) in [6.07, 6.45) is -0.546. The highest BCUT2D eigenvalue weighted by molar-refractivity contribution is 6.02. The van der Waals surface area contributed by atoms with Crippen LogP contribution in [0.4, 0.5) is 10.5 Å². The first-order chi connectivity index (χ1) is 10.0. The van der Waals surface area contributed by atoms with Crippen molar-refractivity contribution in [3.63, 3.8) is 0 Å². The molecule has 0 aliphatic carbocycles. The highest BCUT2D eigenvalue weighted by Crippen LogP contribution is 2.18. The van der Waals surface area contributed by atoms with Crippen molar-refractivity contribution in [3.05, 3.63) is 42.5 Å². The fourth-order valence-corrected chi connectivity index (χ4v) is 1.84. The van der Waals surface area contributed by atoms with Gasteiger partial charge in [0.15, 0.2) is 0 Å². The zero-order valence-electron chi connectivity index (χ0n) is 11.1. The number of carboxylic acids is 1. The number of carboxylic acid groups (broad SMARTS) is 1. The van der Waals surface area contributed by atoms with Gasteiger partial charge in [-0.2, -0.15) is 0 Å². The van der Waals surface area contributed by atoms with Crippen molar-refractivity contribution in [2.75, 3.05) is 5.32 Å². The van der Waals surface area contributed by atoms with Gasteiger partial charge in [0.1, 0.15) is 0 Å². The third-order valence-corrected chi connectivity index (χ3v) is 2.83. The highest BCUT2D eigenvalue weighted by atomic mass is 16.4. The first kappa shape index (κ1) is 14.5. The summed E-state index contributed by atoms with van der Waals surface area (Å²) in [6.45, 7) is 0. The van der Waals surface area contributed by atoms with Crippen LogP contribution in [0.15, 0.2) is 42.5 Å². The summed E-state index contributed by atoms with van der Waals surface area (Å²) in [5.74, 6) is -1.71. The van der Waals surface area contributed by atoms with Crippen LogP contribution < -0.4 is 10.6 Å². The lowest BCUT2D eigenvalue weighted by atomic mass is 10.1. The minimum absolute atomic E-state index is 0.236. The van der Waals surface area contributed by atoms with E-state index in [2.05, 4.69) is 10.6 Å². The van der Waals surface area contributed by atoms with Crippen LogP contribution in [0.3, 0.4) is 0 Å². The van der Waals surface area contributed by atoms with Gasteiger partial charge in [-0.05, 0) is 22.9 Å². The summed E-state index contributed by atoms with van der Waals surface area (Å²) >= 11 is 0. The smallest absolute Gasteiger partial charge is 0.325 e. The SMILES string of the molecule is O=C(O)CCC(=O)NC(=O)Nc1ccc2ccccc2c1. The number of imide groups is 1. The number of hydrogen-bond acceptors (Lipinski definition) is 3. The third-order valence-electron chi connectivity index (χ3n) is 2.83. The number of hydrogen-bond donors (Lipinski definition) is 3. The minimum atomic E-state index is -1.08. The molecule has 0 aromatic heterocycles. The van der Waals surface area contributed by atoms with Crippen LogP contribution in [0.2, 0.25) is 0 Å². The highest BCUT2D eigenvalue weighted by Gasteiger charge is 2.09. The Morgan fingerprint density at radius 1 is 0.952 bits per heavy atom. The molecule has 0 aliphatic rings.